The van der Waals surface area contributed by atoms with E-state index in [1.807, 2.05) is 13.8 Å². The monoisotopic (exact) mass is 453 g/mol. The van der Waals surface area contributed by atoms with Crippen molar-refractivity contribution in [2.24, 2.45) is 5.92 Å². The molecule has 11 heteroatoms. The number of aliphatic carboxylic acids is 1. The Kier molecular flexibility index (Phi) is 9.35. The molecular weight excluding hydrogens is 422 g/mol. The summed E-state index contributed by atoms with van der Waals surface area (Å²) in [6, 6.07) is -2.74. The van der Waals surface area contributed by atoms with Gasteiger partial charge in [0.15, 0.2) is 0 Å². The Bertz CT molecular complexity index is 770. The number of thiol groups is 1. The Hall–Kier alpha value is -2.56. The standard InChI is InChI=1S/C20H31N5O5S/c1-12(2)8-15(20(29)30)24-18(27)14(9-13-10-21-11-22-13)23-19(28)16-4-3-6-25(16)17(26)5-7-31/h10-12,14-16,31H,3-9H2,1-2H3,(H,21,22)(H,23,28)(H,24,27)(H,29,30). The molecule has 1 aliphatic heterocycles. The van der Waals surface area contributed by atoms with Crippen molar-refractivity contribution >= 4 is 36.3 Å². The van der Waals surface area contributed by atoms with Crippen molar-refractivity contribution in [1.29, 1.82) is 0 Å². The number of likely N-dealkylation sites (tertiary alicyclic amines) is 1. The summed E-state index contributed by atoms with van der Waals surface area (Å²) >= 11 is 4.08. The number of amides is 3. The topological polar surface area (TPSA) is 144 Å². The summed E-state index contributed by atoms with van der Waals surface area (Å²) < 4.78 is 0. The zero-order valence-electron chi connectivity index (χ0n) is 17.8. The molecule has 1 saturated heterocycles. The third kappa shape index (κ3) is 7.27. The molecule has 0 spiro atoms. The Morgan fingerprint density at radius 3 is 2.61 bits per heavy atom. The molecule has 1 fully saturated rings. The van der Waals surface area contributed by atoms with E-state index in [-0.39, 0.29) is 31.1 Å². The second-order valence-corrected chi connectivity index (χ2v) is 8.52. The van der Waals surface area contributed by atoms with Crippen LogP contribution in [0.15, 0.2) is 12.5 Å². The Labute approximate surface area is 187 Å². The number of carboxylic acid groups (broad SMARTS) is 1. The van der Waals surface area contributed by atoms with E-state index in [1.54, 1.807) is 6.20 Å². The van der Waals surface area contributed by atoms with Gasteiger partial charge in [-0.3, -0.25) is 14.4 Å². The minimum absolute atomic E-state index is 0.0608. The first-order valence-electron chi connectivity index (χ1n) is 10.4. The molecule has 0 bridgehead atoms. The molecule has 2 heterocycles. The molecule has 0 aliphatic carbocycles. The molecule has 0 aromatic carbocycles. The fourth-order valence-electron chi connectivity index (χ4n) is 3.63. The average Bonchev–Trinajstić information content (AvgIpc) is 3.38. The van der Waals surface area contributed by atoms with Gasteiger partial charge in [-0.2, -0.15) is 12.6 Å². The SMILES string of the molecule is CC(C)CC(NC(=O)C(Cc1c[nH]cn1)NC(=O)C1CCCN1C(=O)CCS)C(=O)O. The van der Waals surface area contributed by atoms with E-state index in [0.29, 0.717) is 30.8 Å². The molecule has 31 heavy (non-hydrogen) atoms. The maximum Gasteiger partial charge on any atom is 0.326 e. The van der Waals surface area contributed by atoms with Crippen molar-refractivity contribution in [1.82, 2.24) is 25.5 Å². The van der Waals surface area contributed by atoms with Gasteiger partial charge in [-0.1, -0.05) is 13.8 Å². The minimum Gasteiger partial charge on any atom is -0.480 e. The number of hydrogen-bond donors (Lipinski definition) is 5. The van der Waals surface area contributed by atoms with Crippen LogP contribution in [0.1, 0.15) is 45.2 Å². The van der Waals surface area contributed by atoms with E-state index in [1.165, 1.54) is 11.2 Å². The Balaban J connectivity index is 2.13. The first kappa shape index (κ1) is 24.7. The lowest BCUT2D eigenvalue weighted by atomic mass is 10.0. The van der Waals surface area contributed by atoms with Gasteiger partial charge in [0.25, 0.3) is 0 Å². The van der Waals surface area contributed by atoms with E-state index in [0.717, 1.165) is 0 Å². The first-order valence-corrected chi connectivity index (χ1v) is 11.1. The highest BCUT2D eigenvalue weighted by Crippen LogP contribution is 2.19. The van der Waals surface area contributed by atoms with Crippen LogP contribution in [0, 0.1) is 5.92 Å². The predicted octanol–water partition coefficient (Wildman–Crippen LogP) is 0.363. The van der Waals surface area contributed by atoms with Crippen LogP contribution in [0.2, 0.25) is 0 Å². The molecule has 172 valence electrons. The molecular formula is C20H31N5O5S. The molecule has 3 atom stereocenters. The van der Waals surface area contributed by atoms with Crippen LogP contribution in [0.3, 0.4) is 0 Å². The fourth-order valence-corrected chi connectivity index (χ4v) is 3.82. The summed E-state index contributed by atoms with van der Waals surface area (Å²) in [5, 5.41) is 14.7. The summed E-state index contributed by atoms with van der Waals surface area (Å²) in [5.41, 5.74) is 0.547. The second-order valence-electron chi connectivity index (χ2n) is 8.07. The largest absolute Gasteiger partial charge is 0.480 e. The van der Waals surface area contributed by atoms with Crippen LogP contribution in [0.25, 0.3) is 0 Å². The van der Waals surface area contributed by atoms with Crippen molar-refractivity contribution in [3.05, 3.63) is 18.2 Å². The number of carbonyl (C=O) groups is 4. The summed E-state index contributed by atoms with van der Waals surface area (Å²) in [6.07, 6.45) is 4.85. The van der Waals surface area contributed by atoms with Crippen LogP contribution in [0.4, 0.5) is 0 Å². The summed E-state index contributed by atoms with van der Waals surface area (Å²) in [4.78, 5) is 58.1. The molecule has 4 N–H and O–H groups in total. The van der Waals surface area contributed by atoms with Gasteiger partial charge in [0, 0.05) is 25.6 Å². The first-order chi connectivity index (χ1) is 14.7. The summed E-state index contributed by atoms with van der Waals surface area (Å²) in [6.45, 7) is 4.21. The van der Waals surface area contributed by atoms with E-state index >= 15 is 0 Å². The van der Waals surface area contributed by atoms with Gasteiger partial charge in [-0.15, -0.1) is 0 Å². The highest BCUT2D eigenvalue weighted by atomic mass is 32.1. The number of rotatable bonds is 11. The van der Waals surface area contributed by atoms with Crippen LogP contribution < -0.4 is 10.6 Å². The van der Waals surface area contributed by atoms with Gasteiger partial charge in [0.1, 0.15) is 18.1 Å². The zero-order valence-corrected chi connectivity index (χ0v) is 18.7. The molecule has 1 aromatic heterocycles. The predicted molar refractivity (Wildman–Crippen MR) is 116 cm³/mol. The fraction of sp³-hybridized carbons (Fsp3) is 0.650. The van der Waals surface area contributed by atoms with Crippen LogP contribution in [-0.4, -0.2) is 74.1 Å². The maximum absolute atomic E-state index is 13.0. The lowest BCUT2D eigenvalue weighted by Crippen LogP contribution is -2.56. The Morgan fingerprint density at radius 2 is 2.03 bits per heavy atom. The van der Waals surface area contributed by atoms with Crippen LogP contribution in [0.5, 0.6) is 0 Å². The van der Waals surface area contributed by atoms with Gasteiger partial charge in [0.05, 0.1) is 12.0 Å². The molecule has 2 rings (SSSR count). The van der Waals surface area contributed by atoms with E-state index in [4.69, 9.17) is 0 Å². The lowest BCUT2D eigenvalue weighted by molar-refractivity contribution is -0.143. The van der Waals surface area contributed by atoms with Crippen molar-refractivity contribution in [3.63, 3.8) is 0 Å². The average molecular weight is 454 g/mol. The Morgan fingerprint density at radius 1 is 1.29 bits per heavy atom. The van der Waals surface area contributed by atoms with Crippen LogP contribution >= 0.6 is 12.6 Å². The highest BCUT2D eigenvalue weighted by molar-refractivity contribution is 7.80. The third-order valence-corrected chi connectivity index (χ3v) is 5.35. The molecule has 10 nitrogen and oxygen atoms in total. The maximum atomic E-state index is 13.0. The van der Waals surface area contributed by atoms with Crippen molar-refractivity contribution in [2.45, 2.75) is 64.1 Å². The highest BCUT2D eigenvalue weighted by Gasteiger charge is 2.36. The third-order valence-electron chi connectivity index (χ3n) is 5.12. The molecule has 1 aromatic rings. The number of nitrogens with one attached hydrogen (secondary N) is 3. The van der Waals surface area contributed by atoms with Gasteiger partial charge in [-0.25, -0.2) is 9.78 Å². The smallest absolute Gasteiger partial charge is 0.326 e. The number of nitrogens with zero attached hydrogens (tertiary/aromatic N) is 2. The number of carbonyl (C=O) groups excluding carboxylic acids is 3. The quantitative estimate of drug-likeness (QED) is 0.306. The second kappa shape index (κ2) is 11.7. The van der Waals surface area contributed by atoms with E-state index < -0.39 is 35.9 Å². The number of carboxylic acids is 1. The van der Waals surface area contributed by atoms with Gasteiger partial charge < -0.3 is 25.6 Å². The number of hydrogen-bond acceptors (Lipinski definition) is 6. The van der Waals surface area contributed by atoms with Crippen molar-refractivity contribution in [2.75, 3.05) is 12.3 Å². The number of aromatic amines is 1. The molecule has 1 aliphatic rings. The van der Waals surface area contributed by atoms with E-state index in [2.05, 4.69) is 33.2 Å². The van der Waals surface area contributed by atoms with Crippen LogP contribution in [-0.2, 0) is 25.6 Å². The molecule has 0 saturated carbocycles. The summed E-state index contributed by atoms with van der Waals surface area (Å²) in [5.74, 6) is -1.87. The summed E-state index contributed by atoms with van der Waals surface area (Å²) in [7, 11) is 0. The van der Waals surface area contributed by atoms with E-state index in [9.17, 15) is 24.3 Å². The number of imidazole rings is 1. The van der Waals surface area contributed by atoms with Gasteiger partial charge >= 0.3 is 5.97 Å². The molecule has 3 unspecified atom stereocenters. The minimum atomic E-state index is -1.13. The molecule has 3 amide bonds. The van der Waals surface area contributed by atoms with Crippen molar-refractivity contribution in [3.8, 4) is 0 Å². The number of aromatic nitrogens is 2. The van der Waals surface area contributed by atoms with Gasteiger partial charge in [0.2, 0.25) is 17.7 Å². The van der Waals surface area contributed by atoms with Crippen molar-refractivity contribution < 1.29 is 24.3 Å². The normalized spacial score (nSPS) is 17.9. The zero-order chi connectivity index (χ0) is 23.0. The molecule has 0 radical (unpaired) electrons. The van der Waals surface area contributed by atoms with Gasteiger partial charge in [-0.05, 0) is 30.9 Å². The lowest BCUT2D eigenvalue weighted by Gasteiger charge is -2.27. The number of H-pyrrole nitrogens is 1.